The van der Waals surface area contributed by atoms with Crippen LogP contribution in [-0.2, 0) is 10.0 Å². The van der Waals surface area contributed by atoms with Crippen molar-refractivity contribution in [3.05, 3.63) is 29.8 Å². The number of amides is 1. The molecule has 1 aromatic carbocycles. The van der Waals surface area contributed by atoms with Gasteiger partial charge in [-0.15, -0.1) is 0 Å². The standard InChI is InChI=1S/C19H29N3O3S/c1-15-5-4-6-16(2)22(15)19(23)17-7-9-18(10-8-17)26(24,25)21-13-11-20(3)12-14-21/h7-10,15-16H,4-6,11-14H2,1-3H3/t15-,16-/m0/s1. The van der Waals surface area contributed by atoms with E-state index in [2.05, 4.69) is 18.7 Å². The van der Waals surface area contributed by atoms with Gasteiger partial charge in [-0.3, -0.25) is 4.79 Å². The molecule has 0 aliphatic carbocycles. The Morgan fingerprint density at radius 3 is 2.04 bits per heavy atom. The van der Waals surface area contributed by atoms with Gasteiger partial charge in [0.05, 0.1) is 4.90 Å². The van der Waals surface area contributed by atoms with Crippen molar-refractivity contribution in [2.45, 2.75) is 50.1 Å². The van der Waals surface area contributed by atoms with Crippen molar-refractivity contribution >= 4 is 15.9 Å². The minimum absolute atomic E-state index is 0.00625. The van der Waals surface area contributed by atoms with Gasteiger partial charge in [0.15, 0.2) is 0 Å². The molecule has 1 amide bonds. The van der Waals surface area contributed by atoms with Gasteiger partial charge in [0.1, 0.15) is 0 Å². The van der Waals surface area contributed by atoms with Gasteiger partial charge in [-0.1, -0.05) is 0 Å². The largest absolute Gasteiger partial charge is 0.333 e. The van der Waals surface area contributed by atoms with E-state index in [9.17, 15) is 13.2 Å². The van der Waals surface area contributed by atoms with Crippen LogP contribution >= 0.6 is 0 Å². The third-order valence-electron chi connectivity index (χ3n) is 5.63. The Balaban J connectivity index is 1.76. The first kappa shape index (κ1) is 19.3. The number of carbonyl (C=O) groups excluding carboxylic acids is 1. The fourth-order valence-electron chi connectivity index (χ4n) is 3.92. The van der Waals surface area contributed by atoms with Gasteiger partial charge < -0.3 is 9.80 Å². The first-order chi connectivity index (χ1) is 12.3. The lowest BCUT2D eigenvalue weighted by atomic mass is 9.96. The number of hydrogen-bond donors (Lipinski definition) is 0. The highest BCUT2D eigenvalue weighted by Gasteiger charge is 2.31. The van der Waals surface area contributed by atoms with Gasteiger partial charge in [-0.2, -0.15) is 4.31 Å². The van der Waals surface area contributed by atoms with E-state index >= 15 is 0 Å². The first-order valence-corrected chi connectivity index (χ1v) is 10.9. The molecule has 3 rings (SSSR count). The zero-order valence-electron chi connectivity index (χ0n) is 15.9. The molecule has 0 saturated carbocycles. The average Bonchev–Trinajstić information content (AvgIpc) is 2.62. The molecule has 2 aliphatic heterocycles. The summed E-state index contributed by atoms with van der Waals surface area (Å²) in [6, 6.07) is 6.89. The van der Waals surface area contributed by atoms with Gasteiger partial charge in [0.25, 0.3) is 5.91 Å². The second-order valence-electron chi connectivity index (χ2n) is 7.57. The number of rotatable bonds is 3. The maximum absolute atomic E-state index is 12.9. The summed E-state index contributed by atoms with van der Waals surface area (Å²) in [5.41, 5.74) is 0.558. The number of benzene rings is 1. The van der Waals surface area contributed by atoms with Gasteiger partial charge >= 0.3 is 0 Å². The Bertz CT molecular complexity index is 730. The van der Waals surface area contributed by atoms with E-state index in [0.717, 1.165) is 32.4 Å². The number of likely N-dealkylation sites (tertiary alicyclic amines) is 1. The molecule has 0 bridgehead atoms. The van der Waals surface area contributed by atoms with Crippen molar-refractivity contribution in [2.75, 3.05) is 33.2 Å². The second-order valence-corrected chi connectivity index (χ2v) is 9.51. The predicted octanol–water partition coefficient (Wildman–Crippen LogP) is 2.03. The number of hydrogen-bond acceptors (Lipinski definition) is 4. The quantitative estimate of drug-likeness (QED) is 0.806. The number of sulfonamides is 1. The molecule has 6 nitrogen and oxygen atoms in total. The number of nitrogens with zero attached hydrogens (tertiary/aromatic N) is 3. The van der Waals surface area contributed by atoms with Crippen LogP contribution in [-0.4, -0.2) is 73.7 Å². The van der Waals surface area contributed by atoms with Crippen LogP contribution in [0.3, 0.4) is 0 Å². The van der Waals surface area contributed by atoms with Crippen LogP contribution in [0.15, 0.2) is 29.2 Å². The Labute approximate surface area is 156 Å². The molecular weight excluding hydrogens is 350 g/mol. The summed E-state index contributed by atoms with van der Waals surface area (Å²) in [6.07, 6.45) is 3.19. The summed E-state index contributed by atoms with van der Waals surface area (Å²) in [7, 11) is -1.50. The third kappa shape index (κ3) is 3.80. The van der Waals surface area contributed by atoms with Crippen molar-refractivity contribution in [2.24, 2.45) is 0 Å². The molecule has 2 atom stereocenters. The molecule has 0 unspecified atom stereocenters. The highest BCUT2D eigenvalue weighted by Crippen LogP contribution is 2.25. The van der Waals surface area contributed by atoms with E-state index in [1.165, 1.54) is 4.31 Å². The molecule has 2 fully saturated rings. The Hall–Kier alpha value is -1.44. The Morgan fingerprint density at radius 2 is 1.50 bits per heavy atom. The second kappa shape index (κ2) is 7.66. The van der Waals surface area contributed by atoms with Crippen LogP contribution in [0, 0.1) is 0 Å². The van der Waals surface area contributed by atoms with E-state index in [4.69, 9.17) is 0 Å². The minimum Gasteiger partial charge on any atom is -0.333 e. The molecule has 0 N–H and O–H groups in total. The predicted molar refractivity (Wildman–Crippen MR) is 102 cm³/mol. The molecule has 144 valence electrons. The van der Waals surface area contributed by atoms with Crippen LogP contribution in [0.25, 0.3) is 0 Å². The molecule has 0 spiro atoms. The summed E-state index contributed by atoms with van der Waals surface area (Å²) in [5, 5.41) is 0. The highest BCUT2D eigenvalue weighted by molar-refractivity contribution is 7.89. The summed E-state index contributed by atoms with van der Waals surface area (Å²) in [4.78, 5) is 17.2. The third-order valence-corrected chi connectivity index (χ3v) is 7.54. The van der Waals surface area contributed by atoms with E-state index in [1.54, 1.807) is 24.3 Å². The molecule has 0 radical (unpaired) electrons. The number of piperazine rings is 1. The van der Waals surface area contributed by atoms with Gasteiger partial charge in [0, 0.05) is 43.8 Å². The van der Waals surface area contributed by atoms with E-state index in [0.29, 0.717) is 18.7 Å². The zero-order chi connectivity index (χ0) is 18.9. The van der Waals surface area contributed by atoms with Crippen LogP contribution < -0.4 is 0 Å². The molecule has 1 aromatic rings. The molecule has 26 heavy (non-hydrogen) atoms. The van der Waals surface area contributed by atoms with Gasteiger partial charge in [-0.25, -0.2) is 8.42 Å². The lowest BCUT2D eigenvalue weighted by Gasteiger charge is -2.39. The topological polar surface area (TPSA) is 60.9 Å². The summed E-state index contributed by atoms with van der Waals surface area (Å²) in [6.45, 7) is 6.64. The van der Waals surface area contributed by atoms with Crippen LogP contribution in [0.2, 0.25) is 0 Å². The van der Waals surface area contributed by atoms with Crippen molar-refractivity contribution in [1.29, 1.82) is 0 Å². The normalized spacial score (nSPS) is 26.0. The smallest absolute Gasteiger partial charge is 0.254 e. The lowest BCUT2D eigenvalue weighted by Crippen LogP contribution is -2.47. The highest BCUT2D eigenvalue weighted by atomic mass is 32.2. The zero-order valence-corrected chi connectivity index (χ0v) is 16.7. The maximum Gasteiger partial charge on any atom is 0.254 e. The van der Waals surface area contributed by atoms with Crippen LogP contribution in [0.4, 0.5) is 0 Å². The summed E-state index contributed by atoms with van der Waals surface area (Å²) in [5.74, 6) is -0.00625. The van der Waals surface area contributed by atoms with Crippen molar-refractivity contribution in [3.63, 3.8) is 0 Å². The number of carbonyl (C=O) groups is 1. The van der Waals surface area contributed by atoms with Crippen molar-refractivity contribution in [3.8, 4) is 0 Å². The number of piperidine rings is 1. The fraction of sp³-hybridized carbons (Fsp3) is 0.632. The van der Waals surface area contributed by atoms with Crippen molar-refractivity contribution in [1.82, 2.24) is 14.1 Å². The monoisotopic (exact) mass is 379 g/mol. The Kier molecular flexibility index (Phi) is 5.69. The Morgan fingerprint density at radius 1 is 0.962 bits per heavy atom. The fourth-order valence-corrected chi connectivity index (χ4v) is 5.34. The minimum atomic E-state index is -3.49. The molecule has 0 aromatic heterocycles. The average molecular weight is 380 g/mol. The molecule has 7 heteroatoms. The van der Waals surface area contributed by atoms with Gasteiger partial charge in [-0.05, 0) is 64.4 Å². The molecule has 2 aliphatic rings. The van der Waals surface area contributed by atoms with E-state index in [-0.39, 0.29) is 22.9 Å². The first-order valence-electron chi connectivity index (χ1n) is 9.42. The number of likely N-dealkylation sites (N-methyl/N-ethyl adjacent to an activating group) is 1. The molecule has 2 saturated heterocycles. The maximum atomic E-state index is 12.9. The lowest BCUT2D eigenvalue weighted by molar-refractivity contribution is 0.0510. The summed E-state index contributed by atoms with van der Waals surface area (Å²) < 4.78 is 27.1. The molecule has 2 heterocycles. The SMILES string of the molecule is C[C@H]1CCC[C@H](C)N1C(=O)c1ccc(S(=O)(=O)N2CCN(C)CC2)cc1. The van der Waals surface area contributed by atoms with Gasteiger partial charge in [0.2, 0.25) is 10.0 Å². The van der Waals surface area contributed by atoms with E-state index in [1.807, 2.05) is 11.9 Å². The summed E-state index contributed by atoms with van der Waals surface area (Å²) >= 11 is 0. The van der Waals surface area contributed by atoms with E-state index < -0.39 is 10.0 Å². The van der Waals surface area contributed by atoms with Crippen LogP contribution in [0.5, 0.6) is 0 Å². The van der Waals surface area contributed by atoms with Crippen LogP contribution in [0.1, 0.15) is 43.5 Å². The van der Waals surface area contributed by atoms with Crippen molar-refractivity contribution < 1.29 is 13.2 Å². The molecular formula is C19H29N3O3S.